The molecule has 162 valence electrons. The van der Waals surface area contributed by atoms with E-state index >= 15 is 0 Å². The lowest BCUT2D eigenvalue weighted by Crippen LogP contribution is -1.98. The Morgan fingerprint density at radius 3 is 2.00 bits per heavy atom. The molecule has 2 nitrogen and oxygen atoms in total. The predicted octanol–water partition coefficient (Wildman–Crippen LogP) is 7.94. The van der Waals surface area contributed by atoms with E-state index in [1.54, 1.807) is 0 Å². The van der Waals surface area contributed by atoms with Crippen LogP contribution in [-0.2, 0) is 12.8 Å². The molecular formula is C33H20N2. The maximum absolute atomic E-state index is 5.28. The largest absolute Gasteiger partial charge is 0.292 e. The van der Waals surface area contributed by atoms with Gasteiger partial charge in [0, 0.05) is 10.8 Å². The fraction of sp³-hybridized carbons (Fsp3) is 0.0606. The minimum Gasteiger partial charge on any atom is -0.292 e. The molecule has 2 heteroatoms. The zero-order chi connectivity index (χ0) is 22.7. The summed E-state index contributed by atoms with van der Waals surface area (Å²) < 4.78 is 2.39. The Kier molecular flexibility index (Phi) is 3.16. The summed E-state index contributed by atoms with van der Waals surface area (Å²) in [5.74, 6) is 0. The highest BCUT2D eigenvalue weighted by atomic mass is 15.0. The molecule has 0 N–H and O–H groups in total. The topological polar surface area (TPSA) is 17.3 Å². The minimum atomic E-state index is 0.978. The molecule has 2 heterocycles. The molecule has 0 unspecified atom stereocenters. The Morgan fingerprint density at radius 2 is 1.17 bits per heavy atom. The Labute approximate surface area is 202 Å². The lowest BCUT2D eigenvalue weighted by Gasteiger charge is -2.18. The van der Waals surface area contributed by atoms with Crippen molar-refractivity contribution in [2.75, 3.05) is 0 Å². The van der Waals surface area contributed by atoms with E-state index in [1.165, 1.54) is 71.7 Å². The van der Waals surface area contributed by atoms with Crippen molar-refractivity contribution in [1.82, 2.24) is 9.38 Å². The van der Waals surface area contributed by atoms with Crippen LogP contribution in [0.3, 0.4) is 0 Å². The Balaban J connectivity index is 1.64. The number of rotatable bonds is 0. The Hall–Kier alpha value is -4.43. The highest BCUT2D eigenvalue weighted by Gasteiger charge is 2.33. The normalized spacial score (nSPS) is 13.5. The van der Waals surface area contributed by atoms with Crippen LogP contribution in [0.5, 0.6) is 0 Å². The van der Waals surface area contributed by atoms with Gasteiger partial charge in [-0.2, -0.15) is 0 Å². The molecule has 9 rings (SSSR count). The molecule has 0 saturated carbocycles. The van der Waals surface area contributed by atoms with E-state index in [2.05, 4.69) is 101 Å². The standard InChI is InChI=1S/C33H20N2/c1-3-11-21-19(9-1)17-25-29(21)24-18-20-10-2-4-12-22(20)30(24)32-31(25)23-13-5-7-15-27(23)35-28-16-8-6-14-26(28)34-33(32)35/h1-16H,17-18H2. The van der Waals surface area contributed by atoms with Gasteiger partial charge in [0.15, 0.2) is 0 Å². The van der Waals surface area contributed by atoms with Crippen molar-refractivity contribution in [3.05, 3.63) is 119 Å². The number of imidazole rings is 1. The summed E-state index contributed by atoms with van der Waals surface area (Å²) in [6.45, 7) is 0. The Bertz CT molecular complexity index is 2060. The highest BCUT2D eigenvalue weighted by molar-refractivity contribution is 6.23. The Morgan fingerprint density at radius 1 is 0.543 bits per heavy atom. The molecule has 2 aromatic heterocycles. The van der Waals surface area contributed by atoms with Gasteiger partial charge in [0.2, 0.25) is 0 Å². The van der Waals surface area contributed by atoms with Crippen molar-refractivity contribution in [1.29, 1.82) is 0 Å². The van der Waals surface area contributed by atoms with Crippen LogP contribution in [0.25, 0.3) is 60.6 Å². The van der Waals surface area contributed by atoms with Gasteiger partial charge in [0.1, 0.15) is 5.65 Å². The van der Waals surface area contributed by atoms with Gasteiger partial charge in [-0.25, -0.2) is 4.98 Å². The maximum atomic E-state index is 5.28. The summed E-state index contributed by atoms with van der Waals surface area (Å²) in [4.78, 5) is 5.28. The summed E-state index contributed by atoms with van der Waals surface area (Å²) in [5, 5.41) is 4.01. The number of benzene rings is 5. The van der Waals surface area contributed by atoms with Gasteiger partial charge in [0.05, 0.1) is 16.6 Å². The second-order valence-corrected chi connectivity index (χ2v) is 9.90. The molecule has 2 aliphatic carbocycles. The lowest BCUT2D eigenvalue weighted by atomic mass is 9.88. The van der Waals surface area contributed by atoms with E-state index in [0.717, 1.165) is 24.0 Å². The summed E-state index contributed by atoms with van der Waals surface area (Å²) in [6.07, 6.45) is 1.96. The van der Waals surface area contributed by atoms with Gasteiger partial charge in [-0.1, -0.05) is 78.9 Å². The second-order valence-electron chi connectivity index (χ2n) is 9.90. The van der Waals surface area contributed by atoms with E-state index in [9.17, 15) is 0 Å². The number of para-hydroxylation sites is 3. The average Bonchev–Trinajstić information content (AvgIpc) is 3.59. The van der Waals surface area contributed by atoms with E-state index in [4.69, 9.17) is 4.98 Å². The summed E-state index contributed by atoms with van der Waals surface area (Å²) in [6, 6.07) is 35.4. The molecule has 0 aliphatic heterocycles. The molecule has 7 aromatic rings. The van der Waals surface area contributed by atoms with Crippen LogP contribution in [0.15, 0.2) is 97.1 Å². The number of aromatic nitrogens is 2. The van der Waals surface area contributed by atoms with E-state index in [0.29, 0.717) is 0 Å². The summed E-state index contributed by atoms with van der Waals surface area (Å²) in [5.41, 5.74) is 15.9. The molecule has 0 radical (unpaired) electrons. The molecule has 0 bridgehead atoms. The van der Waals surface area contributed by atoms with Gasteiger partial charge in [-0.15, -0.1) is 0 Å². The van der Waals surface area contributed by atoms with Crippen molar-refractivity contribution < 1.29 is 0 Å². The first kappa shape index (κ1) is 18.0. The minimum absolute atomic E-state index is 0.978. The zero-order valence-electron chi connectivity index (χ0n) is 19.0. The number of hydrogen-bond acceptors (Lipinski definition) is 1. The molecular weight excluding hydrogens is 424 g/mol. The summed E-state index contributed by atoms with van der Waals surface area (Å²) in [7, 11) is 0. The molecule has 0 atom stereocenters. The van der Waals surface area contributed by atoms with Crippen LogP contribution < -0.4 is 0 Å². The average molecular weight is 445 g/mol. The van der Waals surface area contributed by atoms with Crippen LogP contribution in [0.4, 0.5) is 0 Å². The number of fused-ring (bicyclic) bond motifs is 17. The molecule has 0 spiro atoms. The zero-order valence-corrected chi connectivity index (χ0v) is 19.0. The third-order valence-corrected chi connectivity index (χ3v) is 8.21. The van der Waals surface area contributed by atoms with Crippen LogP contribution in [-0.4, -0.2) is 9.38 Å². The van der Waals surface area contributed by atoms with Crippen LogP contribution >= 0.6 is 0 Å². The van der Waals surface area contributed by atoms with Crippen LogP contribution in [0, 0.1) is 0 Å². The third kappa shape index (κ3) is 2.10. The smallest absolute Gasteiger partial charge is 0.147 e. The number of hydrogen-bond donors (Lipinski definition) is 0. The highest BCUT2D eigenvalue weighted by Crippen LogP contribution is 2.54. The van der Waals surface area contributed by atoms with Gasteiger partial charge < -0.3 is 0 Å². The first-order valence-corrected chi connectivity index (χ1v) is 12.3. The second kappa shape index (κ2) is 6.17. The van der Waals surface area contributed by atoms with Crippen molar-refractivity contribution in [2.45, 2.75) is 12.8 Å². The third-order valence-electron chi connectivity index (χ3n) is 8.21. The van der Waals surface area contributed by atoms with E-state index in [-0.39, 0.29) is 0 Å². The predicted molar refractivity (Wildman–Crippen MR) is 144 cm³/mol. The van der Waals surface area contributed by atoms with Crippen molar-refractivity contribution in [3.8, 4) is 22.3 Å². The maximum Gasteiger partial charge on any atom is 0.147 e. The lowest BCUT2D eigenvalue weighted by molar-refractivity contribution is 1.25. The van der Waals surface area contributed by atoms with Gasteiger partial charge in [-0.3, -0.25) is 4.40 Å². The quantitative estimate of drug-likeness (QED) is 0.217. The first-order chi connectivity index (χ1) is 17.4. The van der Waals surface area contributed by atoms with Crippen LogP contribution in [0.1, 0.15) is 22.3 Å². The fourth-order valence-electron chi connectivity index (χ4n) is 6.89. The summed E-state index contributed by atoms with van der Waals surface area (Å²) >= 11 is 0. The number of nitrogens with zero attached hydrogens (tertiary/aromatic N) is 2. The van der Waals surface area contributed by atoms with Gasteiger partial charge in [-0.05, 0) is 80.9 Å². The molecule has 0 fully saturated rings. The van der Waals surface area contributed by atoms with Gasteiger partial charge >= 0.3 is 0 Å². The van der Waals surface area contributed by atoms with Crippen molar-refractivity contribution in [3.63, 3.8) is 0 Å². The fourth-order valence-corrected chi connectivity index (χ4v) is 6.89. The molecule has 0 saturated heterocycles. The SMILES string of the molecule is c1ccc2c(c1)Cc1c-2c2c(c3c1c1ccccc1n1c4ccccc4nc31)-c1ccccc1C2. The monoisotopic (exact) mass is 444 g/mol. The first-order valence-electron chi connectivity index (χ1n) is 12.3. The molecule has 2 aliphatic rings. The van der Waals surface area contributed by atoms with Crippen molar-refractivity contribution in [2.24, 2.45) is 0 Å². The molecule has 35 heavy (non-hydrogen) atoms. The van der Waals surface area contributed by atoms with Crippen molar-refractivity contribution >= 4 is 38.4 Å². The number of pyridine rings is 1. The molecule has 0 amide bonds. The van der Waals surface area contributed by atoms with E-state index in [1.807, 2.05) is 0 Å². The van der Waals surface area contributed by atoms with Gasteiger partial charge in [0.25, 0.3) is 0 Å². The van der Waals surface area contributed by atoms with E-state index < -0.39 is 0 Å². The van der Waals surface area contributed by atoms with Crippen LogP contribution in [0.2, 0.25) is 0 Å². The molecule has 5 aromatic carbocycles.